The number of fused-ring (bicyclic) bond motifs is 2. The molecule has 3 aliphatic carbocycles. The molecule has 154 valence electrons. The first kappa shape index (κ1) is 19.8. The minimum absolute atomic E-state index is 0.268. The number of allylic oxidation sites excluding steroid dienone is 2. The van der Waals surface area contributed by atoms with Crippen molar-refractivity contribution in [1.29, 1.82) is 0 Å². The molecule has 1 unspecified atom stereocenters. The summed E-state index contributed by atoms with van der Waals surface area (Å²) in [7, 11) is 3.45. The van der Waals surface area contributed by atoms with Gasteiger partial charge in [-0.05, 0) is 45.1 Å². The standard InChI is InChI=1S/C22H30N6O/c1-13-18-20(25-12-26-21(18)24-3)16-9-10-22(2,11-17(16)19(13)28-29-4)27-15-7-5-14(23)6-8-15/h9-12,14-15,27H,5-8,23H2,1-4H3,(H,24,25,26)/b28-19-/t14-,15-,22?. The van der Waals surface area contributed by atoms with Crippen molar-refractivity contribution in [1.82, 2.24) is 15.3 Å². The van der Waals surface area contributed by atoms with E-state index in [2.05, 4.69) is 50.9 Å². The van der Waals surface area contributed by atoms with E-state index in [1.165, 1.54) is 0 Å². The van der Waals surface area contributed by atoms with E-state index in [0.717, 1.165) is 64.5 Å². The normalized spacial score (nSPS) is 30.0. The molecule has 3 aliphatic rings. The molecule has 1 aromatic heterocycles. The molecule has 0 saturated heterocycles. The maximum absolute atomic E-state index is 6.08. The van der Waals surface area contributed by atoms with Crippen molar-refractivity contribution in [2.24, 2.45) is 10.9 Å². The summed E-state index contributed by atoms with van der Waals surface area (Å²) >= 11 is 0. The molecular formula is C22H30N6O. The molecule has 0 radical (unpaired) electrons. The van der Waals surface area contributed by atoms with Crippen LogP contribution in [0.4, 0.5) is 5.82 Å². The summed E-state index contributed by atoms with van der Waals surface area (Å²) in [5.74, 6) is 0.793. The van der Waals surface area contributed by atoms with Crippen LogP contribution in [0.1, 0.15) is 39.5 Å². The van der Waals surface area contributed by atoms with Crippen molar-refractivity contribution < 1.29 is 4.84 Å². The van der Waals surface area contributed by atoms with Crippen LogP contribution in [0.2, 0.25) is 0 Å². The van der Waals surface area contributed by atoms with E-state index < -0.39 is 0 Å². The Bertz CT molecular complexity index is 1020. The maximum atomic E-state index is 6.08. The molecular weight excluding hydrogens is 364 g/mol. The molecule has 1 aromatic rings. The fraction of sp³-hybridized carbons (Fsp3) is 0.500. The number of hydrogen-bond donors (Lipinski definition) is 3. The first-order valence-electron chi connectivity index (χ1n) is 10.3. The minimum Gasteiger partial charge on any atom is -0.399 e. The van der Waals surface area contributed by atoms with E-state index in [0.29, 0.717) is 12.1 Å². The largest absolute Gasteiger partial charge is 0.399 e. The van der Waals surface area contributed by atoms with Crippen LogP contribution in [-0.4, -0.2) is 47.5 Å². The van der Waals surface area contributed by atoms with E-state index in [1.807, 2.05) is 14.0 Å². The Morgan fingerprint density at radius 1 is 1.24 bits per heavy atom. The Balaban J connectivity index is 1.81. The van der Waals surface area contributed by atoms with Gasteiger partial charge < -0.3 is 21.2 Å². The maximum Gasteiger partial charge on any atom is 0.137 e. The Morgan fingerprint density at radius 2 is 2.00 bits per heavy atom. The van der Waals surface area contributed by atoms with E-state index in [-0.39, 0.29) is 5.54 Å². The Labute approximate surface area is 171 Å². The van der Waals surface area contributed by atoms with Gasteiger partial charge in [0.2, 0.25) is 0 Å². The molecule has 4 rings (SSSR count). The van der Waals surface area contributed by atoms with Gasteiger partial charge >= 0.3 is 0 Å². The number of anilines is 1. The number of nitrogens with one attached hydrogen (secondary N) is 2. The van der Waals surface area contributed by atoms with Crippen LogP contribution >= 0.6 is 0 Å². The summed E-state index contributed by atoms with van der Waals surface area (Å²) in [5.41, 5.74) is 9.73. The van der Waals surface area contributed by atoms with E-state index >= 15 is 0 Å². The van der Waals surface area contributed by atoms with Crippen molar-refractivity contribution in [2.75, 3.05) is 19.5 Å². The van der Waals surface area contributed by atoms with Crippen LogP contribution < -0.4 is 26.9 Å². The smallest absolute Gasteiger partial charge is 0.137 e. The molecule has 1 fully saturated rings. The van der Waals surface area contributed by atoms with Crippen LogP contribution in [0.3, 0.4) is 0 Å². The molecule has 0 bridgehead atoms. The number of rotatable bonds is 4. The van der Waals surface area contributed by atoms with Crippen molar-refractivity contribution in [3.8, 4) is 0 Å². The average molecular weight is 395 g/mol. The second-order valence-corrected chi connectivity index (χ2v) is 8.29. The van der Waals surface area contributed by atoms with Crippen LogP contribution in [0.5, 0.6) is 0 Å². The van der Waals surface area contributed by atoms with Crippen LogP contribution in [0, 0.1) is 0 Å². The van der Waals surface area contributed by atoms with Gasteiger partial charge in [0.15, 0.2) is 0 Å². The highest BCUT2D eigenvalue weighted by Gasteiger charge is 2.32. The van der Waals surface area contributed by atoms with E-state index in [9.17, 15) is 0 Å². The lowest BCUT2D eigenvalue weighted by Crippen LogP contribution is -2.50. The predicted molar refractivity (Wildman–Crippen MR) is 117 cm³/mol. The van der Waals surface area contributed by atoms with Crippen molar-refractivity contribution in [2.45, 2.75) is 57.2 Å². The topological polar surface area (TPSA) is 97.5 Å². The molecule has 7 nitrogen and oxygen atoms in total. The van der Waals surface area contributed by atoms with Crippen LogP contribution in [0.25, 0.3) is 11.1 Å². The molecule has 0 spiro atoms. The summed E-state index contributed by atoms with van der Waals surface area (Å²) in [5, 5.41) is 13.3. The monoisotopic (exact) mass is 394 g/mol. The van der Waals surface area contributed by atoms with Gasteiger partial charge in [-0.25, -0.2) is 9.97 Å². The van der Waals surface area contributed by atoms with Crippen LogP contribution in [-0.2, 0) is 4.84 Å². The molecule has 29 heavy (non-hydrogen) atoms. The summed E-state index contributed by atoms with van der Waals surface area (Å²) in [6.45, 7) is 4.25. The lowest BCUT2D eigenvalue weighted by molar-refractivity contribution is 0.214. The minimum atomic E-state index is -0.268. The summed E-state index contributed by atoms with van der Waals surface area (Å²) in [6, 6.07) is 0.805. The van der Waals surface area contributed by atoms with Gasteiger partial charge in [0.25, 0.3) is 0 Å². The highest BCUT2D eigenvalue weighted by molar-refractivity contribution is 6.33. The summed E-state index contributed by atoms with van der Waals surface area (Å²) in [6.07, 6.45) is 12.6. The second-order valence-electron chi connectivity index (χ2n) is 8.29. The molecule has 0 aromatic carbocycles. The molecule has 1 saturated carbocycles. The number of oxime groups is 1. The Hall–Kier alpha value is -2.51. The Kier molecular flexibility index (Phi) is 5.27. The van der Waals surface area contributed by atoms with Crippen LogP contribution in [0.15, 0.2) is 35.3 Å². The zero-order valence-corrected chi connectivity index (χ0v) is 17.6. The van der Waals surface area contributed by atoms with Gasteiger partial charge in [0.05, 0.1) is 10.9 Å². The lowest BCUT2D eigenvalue weighted by Gasteiger charge is -2.37. The third-order valence-electron chi connectivity index (χ3n) is 6.12. The third kappa shape index (κ3) is 3.60. The quantitative estimate of drug-likeness (QED) is 0.659. The summed E-state index contributed by atoms with van der Waals surface area (Å²) < 4.78 is 0. The molecule has 1 heterocycles. The van der Waals surface area contributed by atoms with Crippen molar-refractivity contribution in [3.05, 3.63) is 40.7 Å². The fourth-order valence-corrected chi connectivity index (χ4v) is 4.63. The zero-order valence-electron chi connectivity index (χ0n) is 17.6. The lowest BCUT2D eigenvalue weighted by atomic mass is 9.80. The molecule has 4 N–H and O–H groups in total. The highest BCUT2D eigenvalue weighted by atomic mass is 16.6. The zero-order chi connectivity index (χ0) is 20.6. The first-order valence-corrected chi connectivity index (χ1v) is 10.3. The number of aromatic nitrogens is 2. The van der Waals surface area contributed by atoms with Crippen molar-refractivity contribution >= 4 is 22.7 Å². The summed E-state index contributed by atoms with van der Waals surface area (Å²) in [4.78, 5) is 14.2. The van der Waals surface area contributed by atoms with Crippen molar-refractivity contribution in [3.63, 3.8) is 0 Å². The number of nitrogens with zero attached hydrogens (tertiary/aromatic N) is 3. The van der Waals surface area contributed by atoms with Gasteiger partial charge in [-0.3, -0.25) is 0 Å². The fourth-order valence-electron chi connectivity index (χ4n) is 4.63. The molecule has 7 heteroatoms. The second kappa shape index (κ2) is 7.72. The number of nitrogens with two attached hydrogens (primary N) is 1. The predicted octanol–water partition coefficient (Wildman–Crippen LogP) is 0.970. The highest BCUT2D eigenvalue weighted by Crippen LogP contribution is 2.31. The van der Waals surface area contributed by atoms with Gasteiger partial charge in [-0.1, -0.05) is 23.4 Å². The Morgan fingerprint density at radius 3 is 2.69 bits per heavy atom. The SMILES string of the molecule is CNc1ncnc2c1=C(C)/C(=N/OC)C1=CC(C)(N[C@H]3CC[C@H](N)CC3)C=CC=21. The molecule has 0 amide bonds. The van der Waals surface area contributed by atoms with E-state index in [1.54, 1.807) is 13.4 Å². The first-order chi connectivity index (χ1) is 14.0. The third-order valence-corrected chi connectivity index (χ3v) is 6.12. The van der Waals surface area contributed by atoms with Gasteiger partial charge in [-0.2, -0.15) is 0 Å². The molecule has 0 aliphatic heterocycles. The van der Waals surface area contributed by atoms with Gasteiger partial charge in [-0.15, -0.1) is 0 Å². The van der Waals surface area contributed by atoms with Gasteiger partial charge in [0.1, 0.15) is 25.0 Å². The average Bonchev–Trinajstić information content (AvgIpc) is 2.72. The van der Waals surface area contributed by atoms with Gasteiger partial charge in [0, 0.05) is 35.5 Å². The van der Waals surface area contributed by atoms with E-state index in [4.69, 9.17) is 10.6 Å². The molecule has 1 atom stereocenters. The number of hydrogen-bond acceptors (Lipinski definition) is 7.